The van der Waals surface area contributed by atoms with Crippen molar-refractivity contribution in [3.8, 4) is 0 Å². The van der Waals surface area contributed by atoms with E-state index in [4.69, 9.17) is 4.74 Å². The van der Waals surface area contributed by atoms with Crippen LogP contribution in [0.2, 0.25) is 17.7 Å². The van der Waals surface area contributed by atoms with Gasteiger partial charge >= 0.3 is 155 Å². The summed E-state index contributed by atoms with van der Waals surface area (Å²) >= 11 is -2.21. The van der Waals surface area contributed by atoms with Crippen LogP contribution in [0.3, 0.4) is 0 Å². The zero-order chi connectivity index (χ0) is 18.4. The molecule has 24 heavy (non-hydrogen) atoms. The van der Waals surface area contributed by atoms with Crippen molar-refractivity contribution < 1.29 is 9.53 Å². The second-order valence-corrected chi connectivity index (χ2v) is 21.1. The van der Waals surface area contributed by atoms with E-state index in [2.05, 4.69) is 39.6 Å². The molecule has 4 heteroatoms. The number of hydrogen-bond acceptors (Lipinski definition) is 2. The molecule has 0 rings (SSSR count). The van der Waals surface area contributed by atoms with Crippen LogP contribution in [0.5, 0.6) is 0 Å². The SMILES string of the molecule is C=C([CH2][Sn]([CH2]CCC)([CH2]CCC)[CH2]CCC)C(C)NC(=O)OCC. The van der Waals surface area contributed by atoms with Crippen LogP contribution in [0, 0.1) is 0 Å². The van der Waals surface area contributed by atoms with E-state index in [0.29, 0.717) is 6.61 Å². The average molecular weight is 446 g/mol. The van der Waals surface area contributed by atoms with E-state index in [1.165, 1.54) is 61.8 Å². The predicted octanol–water partition coefficient (Wildman–Crippen LogP) is 6.53. The van der Waals surface area contributed by atoms with E-state index in [9.17, 15) is 4.79 Å². The van der Waals surface area contributed by atoms with Crippen LogP contribution in [-0.2, 0) is 4.74 Å². The second kappa shape index (κ2) is 14.0. The molecule has 0 saturated heterocycles. The molecule has 0 aromatic rings. The Bertz CT molecular complexity index is 336. The molecule has 0 saturated carbocycles. The first kappa shape index (κ1) is 23.8. The molecule has 0 radical (unpaired) electrons. The van der Waals surface area contributed by atoms with E-state index in [1.54, 1.807) is 0 Å². The molecule has 0 aromatic carbocycles. The number of hydrogen-bond donors (Lipinski definition) is 1. The zero-order valence-electron chi connectivity index (χ0n) is 16.9. The van der Waals surface area contributed by atoms with E-state index < -0.39 is 18.4 Å². The van der Waals surface area contributed by atoms with Crippen LogP contribution < -0.4 is 5.32 Å². The molecule has 0 aromatic heterocycles. The van der Waals surface area contributed by atoms with Gasteiger partial charge in [-0.05, 0) is 0 Å². The van der Waals surface area contributed by atoms with Crippen molar-refractivity contribution >= 4 is 24.5 Å². The molecule has 1 unspecified atom stereocenters. The Balaban J connectivity index is 4.95. The van der Waals surface area contributed by atoms with Gasteiger partial charge in [0.05, 0.1) is 0 Å². The third-order valence-electron chi connectivity index (χ3n) is 5.01. The molecule has 0 heterocycles. The Labute approximate surface area is 154 Å². The van der Waals surface area contributed by atoms with Gasteiger partial charge in [-0.1, -0.05) is 0 Å². The molecule has 0 bridgehead atoms. The molecular weight excluding hydrogens is 405 g/mol. The molecule has 3 nitrogen and oxygen atoms in total. The summed E-state index contributed by atoms with van der Waals surface area (Å²) in [7, 11) is 0. The van der Waals surface area contributed by atoms with Gasteiger partial charge in [0.15, 0.2) is 0 Å². The van der Waals surface area contributed by atoms with Gasteiger partial charge in [0.25, 0.3) is 0 Å². The molecule has 0 aliphatic heterocycles. The van der Waals surface area contributed by atoms with Crippen molar-refractivity contribution in [2.45, 2.75) is 96.9 Å². The minimum atomic E-state index is -2.21. The summed E-state index contributed by atoms with van der Waals surface area (Å²) in [6.45, 7) is 15.6. The maximum absolute atomic E-state index is 11.7. The number of carbonyl (C=O) groups excluding carboxylic acids is 1. The van der Waals surface area contributed by atoms with Crippen LogP contribution in [0.4, 0.5) is 4.79 Å². The number of nitrogens with one attached hydrogen (secondary N) is 1. The Kier molecular flexibility index (Phi) is 13.9. The van der Waals surface area contributed by atoms with E-state index >= 15 is 0 Å². The van der Waals surface area contributed by atoms with Gasteiger partial charge < -0.3 is 0 Å². The molecule has 142 valence electrons. The van der Waals surface area contributed by atoms with Crippen molar-refractivity contribution in [3.05, 3.63) is 12.2 Å². The summed E-state index contributed by atoms with van der Waals surface area (Å²) in [4.78, 5) is 11.7. The summed E-state index contributed by atoms with van der Waals surface area (Å²) in [6.07, 6.45) is 7.67. The average Bonchev–Trinajstić information content (AvgIpc) is 2.56. The van der Waals surface area contributed by atoms with Gasteiger partial charge in [-0.2, -0.15) is 0 Å². The summed E-state index contributed by atoms with van der Waals surface area (Å²) in [5.41, 5.74) is 1.22. The van der Waals surface area contributed by atoms with Crippen LogP contribution in [-0.4, -0.2) is 37.1 Å². The van der Waals surface area contributed by atoms with E-state index in [1.807, 2.05) is 6.92 Å². The van der Waals surface area contributed by atoms with E-state index in [0.717, 1.165) is 0 Å². The van der Waals surface area contributed by atoms with Gasteiger partial charge in [-0.15, -0.1) is 0 Å². The third kappa shape index (κ3) is 9.95. The van der Waals surface area contributed by atoms with Crippen molar-refractivity contribution in [1.82, 2.24) is 5.32 Å². The number of amides is 1. The molecule has 0 spiro atoms. The molecule has 0 fully saturated rings. The monoisotopic (exact) mass is 447 g/mol. The zero-order valence-corrected chi connectivity index (χ0v) is 19.7. The quantitative estimate of drug-likeness (QED) is 0.244. The predicted molar refractivity (Wildman–Crippen MR) is 108 cm³/mol. The Morgan fingerprint density at radius 1 is 1.00 bits per heavy atom. The molecule has 0 aliphatic carbocycles. The van der Waals surface area contributed by atoms with E-state index in [-0.39, 0.29) is 12.1 Å². The fourth-order valence-corrected chi connectivity index (χ4v) is 20.1. The first-order valence-corrected chi connectivity index (χ1v) is 18.1. The van der Waals surface area contributed by atoms with Crippen LogP contribution >= 0.6 is 0 Å². The van der Waals surface area contributed by atoms with Crippen LogP contribution in [0.15, 0.2) is 12.2 Å². The third-order valence-corrected chi connectivity index (χ3v) is 20.6. The van der Waals surface area contributed by atoms with Gasteiger partial charge in [0.1, 0.15) is 0 Å². The van der Waals surface area contributed by atoms with Crippen LogP contribution in [0.1, 0.15) is 73.1 Å². The summed E-state index contributed by atoms with van der Waals surface area (Å²) < 4.78 is 10.7. The number of unbranched alkanes of at least 4 members (excludes halogenated alkanes) is 3. The molecule has 1 N–H and O–H groups in total. The molecule has 1 atom stereocenters. The van der Waals surface area contributed by atoms with Crippen molar-refractivity contribution in [2.75, 3.05) is 6.61 Å². The molecule has 1 amide bonds. The summed E-state index contributed by atoms with van der Waals surface area (Å²) in [5.74, 6) is 0. The fraction of sp³-hybridized carbons (Fsp3) is 0.850. The second-order valence-electron chi connectivity index (χ2n) is 7.23. The van der Waals surface area contributed by atoms with Crippen LogP contribution in [0.25, 0.3) is 0 Å². The number of rotatable bonds is 14. The first-order chi connectivity index (χ1) is 11.4. The number of ether oxygens (including phenoxy) is 1. The topological polar surface area (TPSA) is 38.3 Å². The van der Waals surface area contributed by atoms with Gasteiger partial charge in [0.2, 0.25) is 0 Å². The fourth-order valence-electron chi connectivity index (χ4n) is 3.38. The number of carbonyl (C=O) groups is 1. The Morgan fingerprint density at radius 2 is 1.46 bits per heavy atom. The summed E-state index contributed by atoms with van der Waals surface area (Å²) in [6, 6.07) is 0.0185. The molecular formula is C20H41NO2Sn. The van der Waals surface area contributed by atoms with Gasteiger partial charge in [-0.25, -0.2) is 0 Å². The minimum absolute atomic E-state index is 0.0185. The Morgan fingerprint density at radius 3 is 1.83 bits per heavy atom. The molecule has 0 aliphatic rings. The first-order valence-electron chi connectivity index (χ1n) is 10.1. The maximum atomic E-state index is 11.7. The van der Waals surface area contributed by atoms with Gasteiger partial charge in [0, 0.05) is 0 Å². The number of alkyl carbamates (subject to hydrolysis) is 1. The van der Waals surface area contributed by atoms with Crippen molar-refractivity contribution in [3.63, 3.8) is 0 Å². The Hall–Kier alpha value is -0.191. The normalized spacial score (nSPS) is 12.7. The van der Waals surface area contributed by atoms with Crippen molar-refractivity contribution in [1.29, 1.82) is 0 Å². The van der Waals surface area contributed by atoms with Crippen molar-refractivity contribution in [2.24, 2.45) is 0 Å². The van der Waals surface area contributed by atoms with Gasteiger partial charge in [-0.3, -0.25) is 0 Å². The summed E-state index contributed by atoms with van der Waals surface area (Å²) in [5, 5.41) is 2.94. The standard InChI is InChI=1S/C8H14NO2.3C4H9.Sn/c1-5-11-8(10)9-7(4)6(2)3;3*1-3-4-2;/h7H,2-3,5H2,1,4H3,(H,9,10);3*1,3-4H2,2H3;.